The molecule has 0 saturated carbocycles. The van der Waals surface area contributed by atoms with Crippen LogP contribution in [0.5, 0.6) is 0 Å². The third-order valence-corrected chi connectivity index (χ3v) is 8.39. The van der Waals surface area contributed by atoms with Gasteiger partial charge in [0.05, 0.1) is 17.9 Å². The van der Waals surface area contributed by atoms with Gasteiger partial charge in [-0.05, 0) is 51.7 Å². The van der Waals surface area contributed by atoms with Gasteiger partial charge in [-0.2, -0.15) is 9.40 Å². The van der Waals surface area contributed by atoms with E-state index in [9.17, 15) is 8.42 Å². The molecular formula is C20H29N3O2S2. The number of hydrogen-bond donors (Lipinski definition) is 0. The predicted molar refractivity (Wildman–Crippen MR) is 111 cm³/mol. The molecule has 0 amide bonds. The molecule has 1 aliphatic rings. The topological polar surface area (TPSA) is 55.2 Å². The van der Waals surface area contributed by atoms with Gasteiger partial charge < -0.3 is 0 Å². The average Bonchev–Trinajstić information content (AvgIpc) is 2.91. The first-order valence-electron chi connectivity index (χ1n) is 9.52. The van der Waals surface area contributed by atoms with Crippen LogP contribution in [0.15, 0.2) is 34.1 Å². The summed E-state index contributed by atoms with van der Waals surface area (Å²) in [4.78, 5) is 1.62. The number of aromatic nitrogens is 2. The Morgan fingerprint density at radius 1 is 1.11 bits per heavy atom. The van der Waals surface area contributed by atoms with Crippen LogP contribution in [-0.2, 0) is 16.6 Å². The maximum absolute atomic E-state index is 13.1. The molecule has 1 fully saturated rings. The minimum absolute atomic E-state index is 0.400. The van der Waals surface area contributed by atoms with Gasteiger partial charge >= 0.3 is 0 Å². The maximum Gasteiger partial charge on any atom is 0.246 e. The van der Waals surface area contributed by atoms with Gasteiger partial charge in [0, 0.05) is 23.7 Å². The molecule has 7 heteroatoms. The number of thioether (sulfide) groups is 1. The quantitative estimate of drug-likeness (QED) is 0.679. The highest BCUT2D eigenvalue weighted by Crippen LogP contribution is 2.28. The van der Waals surface area contributed by atoms with Gasteiger partial charge in [0.15, 0.2) is 0 Å². The molecule has 0 radical (unpaired) electrons. The summed E-state index contributed by atoms with van der Waals surface area (Å²) >= 11 is 1.76. The van der Waals surface area contributed by atoms with E-state index >= 15 is 0 Å². The molecule has 2 aromatic rings. The average molecular weight is 408 g/mol. The molecule has 27 heavy (non-hydrogen) atoms. The molecule has 1 aromatic carbocycles. The molecule has 2 heterocycles. The zero-order valence-electron chi connectivity index (χ0n) is 16.6. The molecular weight excluding hydrogens is 378 g/mol. The van der Waals surface area contributed by atoms with Crippen LogP contribution in [0.1, 0.15) is 36.7 Å². The van der Waals surface area contributed by atoms with Crippen LogP contribution < -0.4 is 0 Å². The van der Waals surface area contributed by atoms with Crippen LogP contribution in [-0.4, -0.2) is 41.3 Å². The summed E-state index contributed by atoms with van der Waals surface area (Å²) in [6, 6.07) is 8.45. The monoisotopic (exact) mass is 407 g/mol. The lowest BCUT2D eigenvalue weighted by atomic mass is 10.0. The van der Waals surface area contributed by atoms with Crippen LogP contribution in [0.25, 0.3) is 0 Å². The van der Waals surface area contributed by atoms with Crippen molar-refractivity contribution in [2.24, 2.45) is 5.92 Å². The Labute approximate surface area is 167 Å². The Morgan fingerprint density at radius 2 is 1.74 bits per heavy atom. The molecule has 0 unspecified atom stereocenters. The molecule has 1 saturated heterocycles. The van der Waals surface area contributed by atoms with E-state index in [4.69, 9.17) is 0 Å². The lowest BCUT2D eigenvalue weighted by Crippen LogP contribution is -2.38. The van der Waals surface area contributed by atoms with Crippen molar-refractivity contribution in [2.75, 3.05) is 18.8 Å². The molecule has 0 aliphatic carbocycles. The Balaban J connectivity index is 1.71. The fraction of sp³-hybridized carbons (Fsp3) is 0.550. The van der Waals surface area contributed by atoms with Crippen molar-refractivity contribution in [1.82, 2.24) is 14.1 Å². The maximum atomic E-state index is 13.1. The van der Waals surface area contributed by atoms with E-state index in [0.717, 1.165) is 24.3 Å². The highest BCUT2D eigenvalue weighted by atomic mass is 32.2. The summed E-state index contributed by atoms with van der Waals surface area (Å²) in [6.07, 6.45) is 1.86. The second-order valence-electron chi connectivity index (χ2n) is 7.47. The lowest BCUT2D eigenvalue weighted by molar-refractivity contribution is 0.288. The van der Waals surface area contributed by atoms with Gasteiger partial charge in [-0.1, -0.05) is 24.6 Å². The minimum atomic E-state index is -3.46. The van der Waals surface area contributed by atoms with Crippen molar-refractivity contribution in [1.29, 1.82) is 0 Å². The number of sulfonamides is 1. The minimum Gasteiger partial charge on any atom is -0.267 e. The number of benzene rings is 1. The third kappa shape index (κ3) is 4.58. The predicted octanol–water partition coefficient (Wildman–Crippen LogP) is 4.02. The molecule has 0 spiro atoms. The second-order valence-corrected chi connectivity index (χ2v) is 10.5. The molecule has 0 bridgehead atoms. The third-order valence-electron chi connectivity index (χ3n) is 5.25. The fourth-order valence-electron chi connectivity index (χ4n) is 3.51. The summed E-state index contributed by atoms with van der Waals surface area (Å²) in [7, 11) is -3.46. The first-order chi connectivity index (χ1) is 12.8. The van der Waals surface area contributed by atoms with Crippen molar-refractivity contribution in [3.8, 4) is 0 Å². The van der Waals surface area contributed by atoms with Crippen LogP contribution in [0.4, 0.5) is 0 Å². The van der Waals surface area contributed by atoms with Crippen molar-refractivity contribution in [3.63, 3.8) is 0 Å². The van der Waals surface area contributed by atoms with Gasteiger partial charge in [0.1, 0.15) is 4.90 Å². The number of aryl methyl sites for hydroxylation is 3. The summed E-state index contributed by atoms with van der Waals surface area (Å²) in [5.74, 6) is 1.45. The fourth-order valence-corrected chi connectivity index (χ4v) is 6.18. The standard InChI is InChI=1S/C20H29N3O2S2/c1-15-5-7-19(8-6-15)26-14-13-23-18(4)20(17(3)21-23)27(24,25)22-11-9-16(2)10-12-22/h5-8,16H,9-14H2,1-4H3. The van der Waals surface area contributed by atoms with Crippen molar-refractivity contribution in [2.45, 2.75) is 56.9 Å². The largest absolute Gasteiger partial charge is 0.267 e. The first-order valence-corrected chi connectivity index (χ1v) is 11.9. The van der Waals surface area contributed by atoms with Crippen LogP contribution >= 0.6 is 11.8 Å². The highest BCUT2D eigenvalue weighted by molar-refractivity contribution is 7.99. The number of hydrogen-bond acceptors (Lipinski definition) is 4. The molecule has 1 aromatic heterocycles. The van der Waals surface area contributed by atoms with E-state index in [-0.39, 0.29) is 0 Å². The SMILES string of the molecule is Cc1ccc(SCCn2nc(C)c(S(=O)(=O)N3CCC(C)CC3)c2C)cc1. The van der Waals surface area contributed by atoms with Gasteiger partial charge in [-0.25, -0.2) is 8.42 Å². The van der Waals surface area contributed by atoms with Crippen molar-refractivity contribution in [3.05, 3.63) is 41.2 Å². The van der Waals surface area contributed by atoms with Crippen LogP contribution in [0.2, 0.25) is 0 Å². The van der Waals surface area contributed by atoms with E-state index in [2.05, 4.69) is 43.2 Å². The smallest absolute Gasteiger partial charge is 0.246 e. The van der Waals surface area contributed by atoms with E-state index in [1.165, 1.54) is 10.5 Å². The zero-order valence-corrected chi connectivity index (χ0v) is 18.2. The van der Waals surface area contributed by atoms with Crippen LogP contribution in [0, 0.1) is 26.7 Å². The van der Waals surface area contributed by atoms with Gasteiger partial charge in [0.25, 0.3) is 0 Å². The van der Waals surface area contributed by atoms with Gasteiger partial charge in [-0.15, -0.1) is 11.8 Å². The first kappa shape index (κ1) is 20.4. The van der Waals surface area contributed by atoms with E-state index in [1.807, 2.05) is 11.6 Å². The molecule has 148 valence electrons. The number of rotatable bonds is 6. The highest BCUT2D eigenvalue weighted by Gasteiger charge is 2.32. The molecule has 5 nitrogen and oxygen atoms in total. The number of nitrogens with zero attached hydrogens (tertiary/aromatic N) is 3. The van der Waals surface area contributed by atoms with E-state index in [1.54, 1.807) is 23.0 Å². The Bertz CT molecular complexity index is 881. The second kappa shape index (κ2) is 8.37. The molecule has 1 aliphatic heterocycles. The van der Waals surface area contributed by atoms with E-state index < -0.39 is 10.0 Å². The summed E-state index contributed by atoms with van der Waals surface area (Å²) < 4.78 is 29.8. The van der Waals surface area contributed by atoms with Gasteiger partial charge in [0.2, 0.25) is 10.0 Å². The summed E-state index contributed by atoms with van der Waals surface area (Å²) in [5.41, 5.74) is 2.60. The normalized spacial score (nSPS) is 16.7. The van der Waals surface area contributed by atoms with Crippen LogP contribution in [0.3, 0.4) is 0 Å². The zero-order chi connectivity index (χ0) is 19.6. The summed E-state index contributed by atoms with van der Waals surface area (Å²) in [5, 5.41) is 4.53. The van der Waals surface area contributed by atoms with Crippen molar-refractivity contribution >= 4 is 21.8 Å². The molecule has 3 rings (SSSR count). The molecule has 0 N–H and O–H groups in total. The Hall–Kier alpha value is -1.31. The Kier molecular flexibility index (Phi) is 6.33. The number of piperidine rings is 1. The lowest BCUT2D eigenvalue weighted by Gasteiger charge is -2.29. The molecule has 0 atom stereocenters. The van der Waals surface area contributed by atoms with E-state index in [0.29, 0.717) is 36.1 Å². The van der Waals surface area contributed by atoms with Gasteiger partial charge in [-0.3, -0.25) is 4.68 Å². The summed E-state index contributed by atoms with van der Waals surface area (Å²) in [6.45, 7) is 9.84. The Morgan fingerprint density at radius 3 is 2.37 bits per heavy atom. The van der Waals surface area contributed by atoms with Crippen molar-refractivity contribution < 1.29 is 8.42 Å².